The van der Waals surface area contributed by atoms with Gasteiger partial charge in [-0.25, -0.2) is 0 Å². The van der Waals surface area contributed by atoms with E-state index in [1.807, 2.05) is 13.0 Å². The minimum Gasteiger partial charge on any atom is -0.508 e. The highest BCUT2D eigenvalue weighted by atomic mass is 16.3. The van der Waals surface area contributed by atoms with Crippen molar-refractivity contribution >= 4 is 11.4 Å². The van der Waals surface area contributed by atoms with Gasteiger partial charge in [-0.1, -0.05) is 12.1 Å². The summed E-state index contributed by atoms with van der Waals surface area (Å²) in [4.78, 5) is 12.8. The number of rotatable bonds is 1. The molecule has 4 aliphatic carbocycles. The Bertz CT molecular complexity index is 606. The number of Topliss-reactive ketones (excluding diaryl/α,β-unsaturated/α-hetero) is 1. The van der Waals surface area contributed by atoms with Gasteiger partial charge in [-0.05, 0) is 73.6 Å². The summed E-state index contributed by atoms with van der Waals surface area (Å²) in [7, 11) is 0. The molecule has 3 fully saturated rings. The van der Waals surface area contributed by atoms with Crippen molar-refractivity contribution < 1.29 is 9.90 Å². The Morgan fingerprint density at radius 1 is 1.10 bits per heavy atom. The van der Waals surface area contributed by atoms with Gasteiger partial charge in [0.2, 0.25) is 0 Å². The molecule has 2 bridgehead atoms. The molecule has 1 N–H and O–H groups in total. The van der Waals surface area contributed by atoms with Crippen LogP contribution in [0.1, 0.15) is 36.8 Å². The molecule has 104 valence electrons. The lowest BCUT2D eigenvalue weighted by Gasteiger charge is -2.44. The third-order valence-corrected chi connectivity index (χ3v) is 5.72. The molecule has 0 aliphatic heterocycles. The molecule has 3 saturated carbocycles. The zero-order chi connectivity index (χ0) is 13.9. The number of aryl methyl sites for hydroxylation is 1. The number of ketones is 1. The van der Waals surface area contributed by atoms with E-state index in [-0.39, 0.29) is 11.7 Å². The first-order valence-corrected chi connectivity index (χ1v) is 7.71. The Morgan fingerprint density at radius 3 is 2.50 bits per heavy atom. The number of allylic oxidation sites excluding steroid dienone is 2. The third kappa shape index (κ3) is 1.60. The Labute approximate surface area is 119 Å². The molecular weight excluding hydrogens is 248 g/mol. The van der Waals surface area contributed by atoms with E-state index in [0.717, 1.165) is 16.7 Å². The number of phenols is 1. The van der Waals surface area contributed by atoms with E-state index in [0.29, 0.717) is 23.5 Å². The minimum atomic E-state index is 0.235. The van der Waals surface area contributed by atoms with Crippen LogP contribution in [0, 0.1) is 30.6 Å². The van der Waals surface area contributed by atoms with Gasteiger partial charge in [-0.3, -0.25) is 4.79 Å². The van der Waals surface area contributed by atoms with Gasteiger partial charge >= 0.3 is 0 Å². The summed E-state index contributed by atoms with van der Waals surface area (Å²) in [5.74, 6) is 2.59. The van der Waals surface area contributed by atoms with E-state index >= 15 is 0 Å². The lowest BCUT2D eigenvalue weighted by molar-refractivity contribution is -0.123. The van der Waals surface area contributed by atoms with E-state index in [2.05, 4.69) is 6.08 Å². The highest BCUT2D eigenvalue weighted by molar-refractivity contribution is 6.24. The van der Waals surface area contributed by atoms with E-state index in [4.69, 9.17) is 0 Å². The van der Waals surface area contributed by atoms with Gasteiger partial charge in [0.1, 0.15) is 5.75 Å². The average molecular weight is 268 g/mol. The predicted octanol–water partition coefficient (Wildman–Crippen LogP) is 3.72. The second-order valence-corrected chi connectivity index (χ2v) is 6.72. The van der Waals surface area contributed by atoms with Crippen LogP contribution in [0.15, 0.2) is 24.3 Å². The van der Waals surface area contributed by atoms with Gasteiger partial charge in [0, 0.05) is 11.5 Å². The quantitative estimate of drug-likeness (QED) is 0.843. The smallest absolute Gasteiger partial charge is 0.167 e. The van der Waals surface area contributed by atoms with Crippen LogP contribution in [-0.4, -0.2) is 10.9 Å². The first-order chi connectivity index (χ1) is 9.65. The Hall–Kier alpha value is -1.57. The van der Waals surface area contributed by atoms with Gasteiger partial charge in [-0.2, -0.15) is 0 Å². The number of hydrogen-bond acceptors (Lipinski definition) is 2. The zero-order valence-corrected chi connectivity index (χ0v) is 11.8. The summed E-state index contributed by atoms with van der Waals surface area (Å²) in [6.45, 7) is 2.01. The molecule has 0 radical (unpaired) electrons. The van der Waals surface area contributed by atoms with Crippen molar-refractivity contribution in [1.29, 1.82) is 0 Å². The van der Waals surface area contributed by atoms with Crippen molar-refractivity contribution in [3.63, 3.8) is 0 Å². The van der Waals surface area contributed by atoms with Crippen LogP contribution >= 0.6 is 0 Å². The molecule has 0 saturated heterocycles. The van der Waals surface area contributed by atoms with E-state index in [1.54, 1.807) is 12.1 Å². The maximum absolute atomic E-state index is 12.8. The van der Waals surface area contributed by atoms with Gasteiger partial charge in [0.05, 0.1) is 0 Å². The second kappa shape index (κ2) is 4.21. The Kier molecular flexibility index (Phi) is 2.57. The predicted molar refractivity (Wildman–Crippen MR) is 78.3 cm³/mol. The molecule has 4 aliphatic rings. The number of aromatic hydroxyl groups is 1. The fraction of sp³-hybridized carbons (Fsp3) is 0.500. The van der Waals surface area contributed by atoms with Crippen LogP contribution in [0.4, 0.5) is 0 Å². The first-order valence-electron chi connectivity index (χ1n) is 7.71. The molecule has 2 unspecified atom stereocenters. The number of fused-ring (bicyclic) bond motifs is 2. The first kappa shape index (κ1) is 12.2. The number of benzene rings is 1. The van der Waals surface area contributed by atoms with Crippen LogP contribution in [-0.2, 0) is 4.79 Å². The third-order valence-electron chi connectivity index (χ3n) is 5.72. The van der Waals surface area contributed by atoms with Gasteiger partial charge in [0.25, 0.3) is 0 Å². The van der Waals surface area contributed by atoms with E-state index in [1.165, 1.54) is 25.7 Å². The lowest BCUT2D eigenvalue weighted by atomic mass is 9.59. The summed E-state index contributed by atoms with van der Waals surface area (Å²) in [6, 6.07) is 5.34. The molecule has 0 aromatic heterocycles. The van der Waals surface area contributed by atoms with Crippen molar-refractivity contribution in [3.8, 4) is 5.75 Å². The molecular formula is C18H20O2. The monoisotopic (exact) mass is 268 g/mol. The largest absolute Gasteiger partial charge is 0.508 e. The average Bonchev–Trinajstić information content (AvgIpc) is 2.83. The SMILES string of the molecule is Cc1ccc(O)cc1C1=CC2C3CCC(CC3)C2C1=O. The summed E-state index contributed by atoms with van der Waals surface area (Å²) in [5, 5.41) is 9.72. The standard InChI is InChI=1S/C18H20O2/c1-10-2-7-13(19)8-14(10)16-9-15-11-3-5-12(6-4-11)17(15)18(16)20/h2,7-9,11-12,15,17,19H,3-6H2,1H3. The molecule has 1 aromatic carbocycles. The molecule has 2 heteroatoms. The minimum absolute atomic E-state index is 0.235. The van der Waals surface area contributed by atoms with Gasteiger partial charge in [0.15, 0.2) is 5.78 Å². The fourth-order valence-corrected chi connectivity index (χ4v) is 4.70. The van der Waals surface area contributed by atoms with Gasteiger partial charge < -0.3 is 5.11 Å². The maximum Gasteiger partial charge on any atom is 0.167 e. The van der Waals surface area contributed by atoms with E-state index < -0.39 is 0 Å². The van der Waals surface area contributed by atoms with Gasteiger partial charge in [-0.15, -0.1) is 0 Å². The second-order valence-electron chi connectivity index (χ2n) is 6.72. The van der Waals surface area contributed by atoms with Crippen molar-refractivity contribution in [1.82, 2.24) is 0 Å². The molecule has 5 rings (SSSR count). The van der Waals surface area contributed by atoms with Crippen LogP contribution < -0.4 is 0 Å². The number of carbonyl (C=O) groups is 1. The summed E-state index contributed by atoms with van der Waals surface area (Å²) in [6.07, 6.45) is 7.28. The number of phenolic OH excluding ortho intramolecular Hbond substituents is 1. The topological polar surface area (TPSA) is 37.3 Å². The molecule has 20 heavy (non-hydrogen) atoms. The maximum atomic E-state index is 12.8. The highest BCUT2D eigenvalue weighted by Crippen LogP contribution is 2.54. The summed E-state index contributed by atoms with van der Waals surface area (Å²) in [5.41, 5.74) is 2.88. The number of carbonyl (C=O) groups excluding carboxylic acids is 1. The van der Waals surface area contributed by atoms with Crippen molar-refractivity contribution in [2.45, 2.75) is 32.6 Å². The Morgan fingerprint density at radius 2 is 1.80 bits per heavy atom. The fourth-order valence-electron chi connectivity index (χ4n) is 4.70. The van der Waals surface area contributed by atoms with Crippen LogP contribution in [0.25, 0.3) is 5.57 Å². The van der Waals surface area contributed by atoms with E-state index in [9.17, 15) is 9.90 Å². The number of hydrogen-bond donors (Lipinski definition) is 1. The normalized spacial score (nSPS) is 35.0. The molecule has 0 heterocycles. The van der Waals surface area contributed by atoms with Crippen LogP contribution in [0.3, 0.4) is 0 Å². The molecule has 0 amide bonds. The summed E-state index contributed by atoms with van der Waals surface area (Å²) < 4.78 is 0. The highest BCUT2D eigenvalue weighted by Gasteiger charge is 2.50. The molecule has 2 nitrogen and oxygen atoms in total. The molecule has 2 atom stereocenters. The van der Waals surface area contributed by atoms with Crippen molar-refractivity contribution in [3.05, 3.63) is 35.4 Å². The zero-order valence-electron chi connectivity index (χ0n) is 11.8. The van der Waals surface area contributed by atoms with Crippen molar-refractivity contribution in [2.24, 2.45) is 23.7 Å². The lowest BCUT2D eigenvalue weighted by Crippen LogP contribution is -2.40. The Balaban J connectivity index is 1.78. The molecule has 1 aromatic rings. The van der Waals surface area contributed by atoms with Crippen LogP contribution in [0.5, 0.6) is 5.75 Å². The van der Waals surface area contributed by atoms with Crippen LogP contribution in [0.2, 0.25) is 0 Å². The van der Waals surface area contributed by atoms with Crippen molar-refractivity contribution in [2.75, 3.05) is 0 Å². The molecule has 0 spiro atoms. The summed E-state index contributed by atoms with van der Waals surface area (Å²) >= 11 is 0.